The Morgan fingerprint density at radius 3 is 2.33 bits per heavy atom. The van der Waals surface area contributed by atoms with Gasteiger partial charge in [0.15, 0.2) is 0 Å². The summed E-state index contributed by atoms with van der Waals surface area (Å²) in [6.07, 6.45) is 3.49. The minimum absolute atomic E-state index is 0. The summed E-state index contributed by atoms with van der Waals surface area (Å²) in [5.41, 5.74) is 1.27. The second-order valence-corrected chi connectivity index (χ2v) is 2.21. The average Bonchev–Trinajstić information content (AvgIpc) is 2.12. The number of rotatable bonds is 1. The Balaban J connectivity index is 0.000000640. The summed E-state index contributed by atoms with van der Waals surface area (Å²) < 4.78 is 4.88. The molecule has 0 aliphatic carbocycles. The van der Waals surface area contributed by atoms with Gasteiger partial charge >= 0.3 is 0 Å². The lowest BCUT2D eigenvalue weighted by molar-refractivity contribution is 0.562. The third kappa shape index (κ3) is 1.92. The van der Waals surface area contributed by atoms with Crippen molar-refractivity contribution in [1.82, 2.24) is 0 Å². The minimum atomic E-state index is 0. The van der Waals surface area contributed by atoms with Gasteiger partial charge in [-0.1, -0.05) is 21.3 Å². The van der Waals surface area contributed by atoms with E-state index in [0.29, 0.717) is 5.92 Å². The number of furan rings is 1. The molecule has 0 amide bonds. The van der Waals surface area contributed by atoms with E-state index in [4.69, 9.17) is 4.42 Å². The highest BCUT2D eigenvalue weighted by atomic mass is 16.3. The van der Waals surface area contributed by atoms with E-state index >= 15 is 0 Å². The van der Waals surface area contributed by atoms with Crippen LogP contribution in [0.4, 0.5) is 0 Å². The first-order chi connectivity index (χ1) is 3.80. The summed E-state index contributed by atoms with van der Waals surface area (Å²) in [7, 11) is 0. The van der Waals surface area contributed by atoms with Gasteiger partial charge < -0.3 is 4.42 Å². The predicted octanol–water partition coefficient (Wildman–Crippen LogP) is 3.04. The highest BCUT2D eigenvalue weighted by Crippen LogP contribution is 2.12. The molecule has 1 heteroatoms. The maximum Gasteiger partial charge on any atom is 0.0937 e. The van der Waals surface area contributed by atoms with Crippen LogP contribution in [0.3, 0.4) is 0 Å². The van der Waals surface area contributed by atoms with Crippen LogP contribution in [0.2, 0.25) is 0 Å². The number of hydrogen-bond donors (Lipinski definition) is 0. The largest absolute Gasteiger partial charge is 0.472 e. The second-order valence-electron chi connectivity index (χ2n) is 2.21. The molecule has 1 aromatic rings. The molecule has 0 N–H and O–H groups in total. The van der Waals surface area contributed by atoms with E-state index in [-0.39, 0.29) is 7.43 Å². The minimum Gasteiger partial charge on any atom is -0.472 e. The first-order valence-electron chi connectivity index (χ1n) is 2.83. The molecule has 0 atom stereocenters. The molecule has 0 bridgehead atoms. The predicted molar refractivity (Wildman–Crippen MR) is 39.5 cm³/mol. The molecule has 0 saturated heterocycles. The monoisotopic (exact) mass is 126 g/mol. The Morgan fingerprint density at radius 1 is 1.44 bits per heavy atom. The van der Waals surface area contributed by atoms with E-state index in [1.54, 1.807) is 12.5 Å². The van der Waals surface area contributed by atoms with Gasteiger partial charge in [-0.25, -0.2) is 0 Å². The first kappa shape index (κ1) is 8.28. The standard InChI is InChI=1S/C7H10O.CH4/c1-6(2)7-3-4-8-5-7;/h3-6H,1-2H3;1H4. The van der Waals surface area contributed by atoms with E-state index in [9.17, 15) is 0 Å². The fourth-order valence-electron chi connectivity index (χ4n) is 0.604. The van der Waals surface area contributed by atoms with Gasteiger partial charge in [0.1, 0.15) is 0 Å². The van der Waals surface area contributed by atoms with Crippen molar-refractivity contribution in [1.29, 1.82) is 0 Å². The maximum atomic E-state index is 4.88. The van der Waals surface area contributed by atoms with Crippen LogP contribution in [0.25, 0.3) is 0 Å². The molecule has 0 spiro atoms. The molecule has 1 nitrogen and oxygen atoms in total. The fraction of sp³-hybridized carbons (Fsp3) is 0.500. The number of hydrogen-bond acceptors (Lipinski definition) is 1. The molecule has 52 valence electrons. The van der Waals surface area contributed by atoms with Crippen molar-refractivity contribution in [2.45, 2.75) is 27.2 Å². The lowest BCUT2D eigenvalue weighted by Crippen LogP contribution is -1.79. The molecule has 0 radical (unpaired) electrons. The zero-order valence-electron chi connectivity index (χ0n) is 5.22. The summed E-state index contributed by atoms with van der Waals surface area (Å²) in [5, 5.41) is 0. The van der Waals surface area contributed by atoms with Gasteiger partial charge in [-0.3, -0.25) is 0 Å². The van der Waals surface area contributed by atoms with Gasteiger partial charge in [-0.05, 0) is 17.5 Å². The van der Waals surface area contributed by atoms with Crippen molar-refractivity contribution in [2.75, 3.05) is 0 Å². The van der Waals surface area contributed by atoms with Crippen LogP contribution in [-0.2, 0) is 0 Å². The van der Waals surface area contributed by atoms with E-state index in [1.807, 2.05) is 6.07 Å². The fourth-order valence-corrected chi connectivity index (χ4v) is 0.604. The van der Waals surface area contributed by atoms with Crippen molar-refractivity contribution < 1.29 is 4.42 Å². The average molecular weight is 126 g/mol. The molecular formula is C8H14O. The van der Waals surface area contributed by atoms with Crippen LogP contribution in [0.15, 0.2) is 23.0 Å². The van der Waals surface area contributed by atoms with Crippen LogP contribution in [0.5, 0.6) is 0 Å². The topological polar surface area (TPSA) is 13.1 Å². The summed E-state index contributed by atoms with van der Waals surface area (Å²) in [5.74, 6) is 0.591. The van der Waals surface area contributed by atoms with Crippen molar-refractivity contribution in [3.05, 3.63) is 24.2 Å². The van der Waals surface area contributed by atoms with Gasteiger partial charge in [0, 0.05) is 0 Å². The van der Waals surface area contributed by atoms with Gasteiger partial charge in [-0.2, -0.15) is 0 Å². The first-order valence-corrected chi connectivity index (χ1v) is 2.83. The van der Waals surface area contributed by atoms with Crippen LogP contribution in [0.1, 0.15) is 32.8 Å². The molecule has 0 aliphatic heterocycles. The van der Waals surface area contributed by atoms with E-state index in [1.165, 1.54) is 5.56 Å². The maximum absolute atomic E-state index is 4.88. The van der Waals surface area contributed by atoms with E-state index in [2.05, 4.69) is 13.8 Å². The summed E-state index contributed by atoms with van der Waals surface area (Å²) in [6, 6.07) is 1.99. The SMILES string of the molecule is C.CC(C)c1ccoc1. The quantitative estimate of drug-likeness (QED) is 0.563. The van der Waals surface area contributed by atoms with Crippen LogP contribution < -0.4 is 0 Å². The van der Waals surface area contributed by atoms with Crippen molar-refractivity contribution in [3.8, 4) is 0 Å². The highest BCUT2D eigenvalue weighted by Gasteiger charge is 1.96. The van der Waals surface area contributed by atoms with E-state index < -0.39 is 0 Å². The molecule has 0 unspecified atom stereocenters. The zero-order chi connectivity index (χ0) is 5.98. The Bertz CT molecular complexity index is 140. The lowest BCUT2D eigenvalue weighted by atomic mass is 10.1. The molecule has 0 fully saturated rings. The van der Waals surface area contributed by atoms with Crippen LogP contribution in [0, 0.1) is 0 Å². The summed E-state index contributed by atoms with van der Waals surface area (Å²) in [6.45, 7) is 4.29. The smallest absolute Gasteiger partial charge is 0.0937 e. The van der Waals surface area contributed by atoms with Gasteiger partial charge in [0.05, 0.1) is 12.5 Å². The Kier molecular flexibility index (Phi) is 3.07. The Labute approximate surface area is 56.7 Å². The van der Waals surface area contributed by atoms with Gasteiger partial charge in [0.2, 0.25) is 0 Å². The molecule has 1 heterocycles. The van der Waals surface area contributed by atoms with Gasteiger partial charge in [-0.15, -0.1) is 0 Å². The third-order valence-electron chi connectivity index (χ3n) is 1.21. The molecule has 1 rings (SSSR count). The van der Waals surface area contributed by atoms with Crippen LogP contribution >= 0.6 is 0 Å². The van der Waals surface area contributed by atoms with Crippen LogP contribution in [-0.4, -0.2) is 0 Å². The van der Waals surface area contributed by atoms with Crippen molar-refractivity contribution >= 4 is 0 Å². The molecule has 0 aliphatic rings. The lowest BCUT2D eigenvalue weighted by Gasteiger charge is -1.94. The second kappa shape index (κ2) is 3.33. The van der Waals surface area contributed by atoms with E-state index in [0.717, 1.165) is 0 Å². The summed E-state index contributed by atoms with van der Waals surface area (Å²) in [4.78, 5) is 0. The van der Waals surface area contributed by atoms with Crippen molar-refractivity contribution in [3.63, 3.8) is 0 Å². The summed E-state index contributed by atoms with van der Waals surface area (Å²) >= 11 is 0. The molecular weight excluding hydrogens is 112 g/mol. The molecule has 0 saturated carbocycles. The molecule has 0 aromatic carbocycles. The Morgan fingerprint density at radius 2 is 2.11 bits per heavy atom. The van der Waals surface area contributed by atoms with Gasteiger partial charge in [0.25, 0.3) is 0 Å². The normalized spacial score (nSPS) is 9.22. The molecule has 1 aromatic heterocycles. The zero-order valence-corrected chi connectivity index (χ0v) is 5.22. The third-order valence-corrected chi connectivity index (χ3v) is 1.21. The highest BCUT2D eigenvalue weighted by molar-refractivity contribution is 5.09. The van der Waals surface area contributed by atoms with Crippen molar-refractivity contribution in [2.24, 2.45) is 0 Å². The Hall–Kier alpha value is -0.720. The molecule has 9 heavy (non-hydrogen) atoms.